The van der Waals surface area contributed by atoms with E-state index < -0.39 is 0 Å². The standard InChI is InChI=1S/C22H25N5OS/c1-3-4-16-12-19(23-13-16)24-21-25-20(17-7-8-17)26-22(27-21)29-18-9-5-15(6-10-18)11-14(2)28/h5-6,9-10,12,17H,3-4,7-8,11,13H2,1-2H3,(H,23,24,25,26,27). The van der Waals surface area contributed by atoms with Gasteiger partial charge in [0, 0.05) is 17.2 Å². The highest BCUT2D eigenvalue weighted by atomic mass is 32.2. The molecule has 7 heteroatoms. The van der Waals surface area contributed by atoms with E-state index in [1.165, 1.54) is 17.3 Å². The second-order valence-corrected chi connectivity index (χ2v) is 8.62. The van der Waals surface area contributed by atoms with E-state index in [0.717, 1.165) is 54.3 Å². The van der Waals surface area contributed by atoms with Crippen LogP contribution in [0.2, 0.25) is 0 Å². The van der Waals surface area contributed by atoms with Crippen LogP contribution in [0.4, 0.5) is 5.95 Å². The number of hydrogen-bond donors (Lipinski definition) is 1. The SMILES string of the molecule is CCCC1=CC(Nc2nc(Sc3ccc(CC(C)=O)cc3)nc(C3CC3)n2)=NC1. The number of nitrogens with zero attached hydrogens (tertiary/aromatic N) is 4. The molecule has 6 nitrogen and oxygen atoms in total. The van der Waals surface area contributed by atoms with Gasteiger partial charge in [0.25, 0.3) is 0 Å². The molecule has 0 spiro atoms. The van der Waals surface area contributed by atoms with Gasteiger partial charge in [-0.2, -0.15) is 9.97 Å². The molecule has 1 aliphatic heterocycles. The quantitative estimate of drug-likeness (QED) is 0.690. The lowest BCUT2D eigenvalue weighted by Gasteiger charge is -2.08. The van der Waals surface area contributed by atoms with Gasteiger partial charge >= 0.3 is 0 Å². The van der Waals surface area contributed by atoms with Crippen molar-refractivity contribution >= 4 is 29.3 Å². The first-order valence-corrected chi connectivity index (χ1v) is 10.9. The van der Waals surface area contributed by atoms with E-state index in [0.29, 0.717) is 23.4 Å². The van der Waals surface area contributed by atoms with Crippen LogP contribution in [0.15, 0.2) is 51.0 Å². The van der Waals surface area contributed by atoms with Crippen LogP contribution in [0.5, 0.6) is 0 Å². The van der Waals surface area contributed by atoms with Gasteiger partial charge in [-0.25, -0.2) is 4.98 Å². The Kier molecular flexibility index (Phi) is 6.04. The first kappa shape index (κ1) is 19.8. The number of anilines is 1. The molecule has 2 aromatic rings. The Labute approximate surface area is 175 Å². The lowest BCUT2D eigenvalue weighted by molar-refractivity contribution is -0.116. The lowest BCUT2D eigenvalue weighted by atomic mass is 10.1. The van der Waals surface area contributed by atoms with Crippen molar-refractivity contribution in [1.82, 2.24) is 15.0 Å². The molecule has 150 valence electrons. The van der Waals surface area contributed by atoms with E-state index in [1.807, 2.05) is 24.3 Å². The van der Waals surface area contributed by atoms with E-state index >= 15 is 0 Å². The van der Waals surface area contributed by atoms with Crippen molar-refractivity contribution in [3.8, 4) is 0 Å². The highest BCUT2D eigenvalue weighted by molar-refractivity contribution is 7.99. The topological polar surface area (TPSA) is 80.1 Å². The smallest absolute Gasteiger partial charge is 0.232 e. The molecule has 1 fully saturated rings. The number of rotatable bonds is 8. The summed E-state index contributed by atoms with van der Waals surface area (Å²) in [5, 5.41) is 3.95. The minimum absolute atomic E-state index is 0.165. The van der Waals surface area contributed by atoms with Crippen LogP contribution >= 0.6 is 11.8 Å². The van der Waals surface area contributed by atoms with E-state index in [2.05, 4.69) is 38.3 Å². The van der Waals surface area contributed by atoms with Crippen molar-refractivity contribution in [3.63, 3.8) is 0 Å². The van der Waals surface area contributed by atoms with E-state index in [9.17, 15) is 4.79 Å². The van der Waals surface area contributed by atoms with Crippen LogP contribution in [0.3, 0.4) is 0 Å². The Morgan fingerprint density at radius 2 is 1.97 bits per heavy atom. The van der Waals surface area contributed by atoms with Crippen LogP contribution in [0, 0.1) is 0 Å². The molecular formula is C22H25N5OS. The van der Waals surface area contributed by atoms with Crippen molar-refractivity contribution < 1.29 is 4.79 Å². The van der Waals surface area contributed by atoms with Crippen molar-refractivity contribution in [3.05, 3.63) is 47.3 Å². The molecule has 0 amide bonds. The molecule has 0 radical (unpaired) electrons. The number of carbonyl (C=O) groups excluding carboxylic acids is 1. The van der Waals surface area contributed by atoms with Crippen LogP contribution in [0.25, 0.3) is 0 Å². The van der Waals surface area contributed by atoms with Gasteiger partial charge in [0.05, 0.1) is 6.54 Å². The Morgan fingerprint density at radius 3 is 2.66 bits per heavy atom. The number of aliphatic imine (C=N–C) groups is 1. The largest absolute Gasteiger partial charge is 0.309 e. The summed E-state index contributed by atoms with van der Waals surface area (Å²) < 4.78 is 0. The van der Waals surface area contributed by atoms with Gasteiger partial charge in [0.1, 0.15) is 17.4 Å². The second-order valence-electron chi connectivity index (χ2n) is 7.58. The third-order valence-electron chi connectivity index (χ3n) is 4.76. The first-order chi connectivity index (χ1) is 14.1. The monoisotopic (exact) mass is 407 g/mol. The molecule has 1 N–H and O–H groups in total. The molecule has 0 bridgehead atoms. The number of carbonyl (C=O) groups is 1. The Morgan fingerprint density at radius 1 is 1.17 bits per heavy atom. The fraction of sp³-hybridized carbons (Fsp3) is 0.409. The number of Topliss-reactive ketones (excluding diaryl/α,β-unsaturated/α-hetero) is 1. The number of amidine groups is 1. The van der Waals surface area contributed by atoms with Crippen LogP contribution in [0.1, 0.15) is 56.8 Å². The highest BCUT2D eigenvalue weighted by Gasteiger charge is 2.28. The fourth-order valence-electron chi connectivity index (χ4n) is 3.20. The van der Waals surface area contributed by atoms with E-state index in [-0.39, 0.29) is 5.78 Å². The molecule has 29 heavy (non-hydrogen) atoms. The fourth-order valence-corrected chi connectivity index (χ4v) is 3.95. The molecule has 1 aromatic carbocycles. The summed E-state index contributed by atoms with van der Waals surface area (Å²) in [5.74, 6) is 2.84. The van der Waals surface area contributed by atoms with Crippen molar-refractivity contribution in [2.24, 2.45) is 4.99 Å². The van der Waals surface area contributed by atoms with Crippen LogP contribution in [-0.4, -0.2) is 33.1 Å². The minimum Gasteiger partial charge on any atom is -0.309 e. The van der Waals surface area contributed by atoms with Gasteiger partial charge in [0.2, 0.25) is 5.95 Å². The van der Waals surface area contributed by atoms with Gasteiger partial charge in [-0.15, -0.1) is 0 Å². The Hall–Kier alpha value is -2.54. The maximum absolute atomic E-state index is 11.3. The number of benzene rings is 1. The molecule has 0 unspecified atom stereocenters. The molecule has 1 aromatic heterocycles. The van der Waals surface area contributed by atoms with Crippen molar-refractivity contribution in [2.45, 2.75) is 61.9 Å². The summed E-state index contributed by atoms with van der Waals surface area (Å²) in [5.41, 5.74) is 2.36. The lowest BCUT2D eigenvalue weighted by Crippen LogP contribution is -2.12. The number of aromatic nitrogens is 3. The minimum atomic E-state index is 0.165. The molecule has 4 rings (SSSR count). The van der Waals surface area contributed by atoms with Gasteiger partial charge < -0.3 is 5.32 Å². The molecule has 1 aliphatic carbocycles. The Balaban J connectivity index is 1.50. The van der Waals surface area contributed by atoms with Crippen LogP contribution < -0.4 is 5.32 Å². The predicted molar refractivity (Wildman–Crippen MR) is 116 cm³/mol. The van der Waals surface area contributed by atoms with Gasteiger partial charge in [-0.05, 0) is 67.3 Å². The highest BCUT2D eigenvalue weighted by Crippen LogP contribution is 2.39. The molecule has 0 atom stereocenters. The molecule has 2 heterocycles. The summed E-state index contributed by atoms with van der Waals surface area (Å²) in [6.07, 6.45) is 7.03. The summed E-state index contributed by atoms with van der Waals surface area (Å²) in [6, 6.07) is 7.99. The van der Waals surface area contributed by atoms with Gasteiger partial charge in [-0.1, -0.05) is 25.5 Å². The summed E-state index contributed by atoms with van der Waals surface area (Å²) in [4.78, 5) is 30.8. The third kappa shape index (κ3) is 5.50. The average molecular weight is 408 g/mol. The number of ketones is 1. The molecular weight excluding hydrogens is 382 g/mol. The van der Waals surface area contributed by atoms with Crippen LogP contribution in [-0.2, 0) is 11.2 Å². The van der Waals surface area contributed by atoms with E-state index in [1.54, 1.807) is 6.92 Å². The number of nitrogens with one attached hydrogen (secondary N) is 1. The molecule has 0 saturated heterocycles. The van der Waals surface area contributed by atoms with Gasteiger partial charge in [-0.3, -0.25) is 9.79 Å². The third-order valence-corrected chi connectivity index (χ3v) is 5.64. The zero-order valence-electron chi connectivity index (χ0n) is 16.8. The van der Waals surface area contributed by atoms with Gasteiger partial charge in [0.15, 0.2) is 5.16 Å². The maximum Gasteiger partial charge on any atom is 0.232 e. The first-order valence-electron chi connectivity index (χ1n) is 10.1. The van der Waals surface area contributed by atoms with Crippen molar-refractivity contribution in [2.75, 3.05) is 11.9 Å². The zero-order chi connectivity index (χ0) is 20.2. The normalized spacial score (nSPS) is 15.8. The molecule has 2 aliphatic rings. The Bertz CT molecular complexity index is 964. The maximum atomic E-state index is 11.3. The van der Waals surface area contributed by atoms with E-state index in [4.69, 9.17) is 0 Å². The van der Waals surface area contributed by atoms with Crippen molar-refractivity contribution in [1.29, 1.82) is 0 Å². The predicted octanol–water partition coefficient (Wildman–Crippen LogP) is 4.58. The number of hydrogen-bond acceptors (Lipinski definition) is 7. The average Bonchev–Trinajstić information content (AvgIpc) is 3.45. The summed E-state index contributed by atoms with van der Waals surface area (Å²) >= 11 is 1.51. The molecule has 1 saturated carbocycles. The second kappa shape index (κ2) is 8.86. The summed E-state index contributed by atoms with van der Waals surface area (Å²) in [7, 11) is 0. The zero-order valence-corrected chi connectivity index (χ0v) is 17.6. The summed E-state index contributed by atoms with van der Waals surface area (Å²) in [6.45, 7) is 4.54.